The van der Waals surface area contributed by atoms with Crippen molar-refractivity contribution < 1.29 is 19.1 Å². The first-order chi connectivity index (χ1) is 15.4. The van der Waals surface area contributed by atoms with E-state index in [4.69, 9.17) is 4.74 Å². The van der Waals surface area contributed by atoms with Gasteiger partial charge in [-0.3, -0.25) is 19.3 Å². The van der Waals surface area contributed by atoms with Gasteiger partial charge in [0.1, 0.15) is 5.75 Å². The number of nitrogens with zero attached hydrogens (tertiary/aromatic N) is 2. The first-order valence-electron chi connectivity index (χ1n) is 11.0. The van der Waals surface area contributed by atoms with E-state index in [2.05, 4.69) is 10.2 Å². The maximum absolute atomic E-state index is 12.5. The number of hydrogen-bond acceptors (Lipinski definition) is 5. The van der Waals surface area contributed by atoms with Crippen molar-refractivity contribution in [1.29, 1.82) is 0 Å². The molecule has 7 heteroatoms. The summed E-state index contributed by atoms with van der Waals surface area (Å²) in [5, 5.41) is 2.92. The SMILES string of the molecule is CC(=O)c1ccc(OCCCC(=O)N2CCN(CC(=O)Nc3ccc(C)cc3)CC2)cc1. The zero-order chi connectivity index (χ0) is 22.9. The van der Waals surface area contributed by atoms with Crippen molar-refractivity contribution in [2.75, 3.05) is 44.6 Å². The summed E-state index contributed by atoms with van der Waals surface area (Å²) < 4.78 is 5.66. The summed E-state index contributed by atoms with van der Waals surface area (Å²) in [7, 11) is 0. The maximum atomic E-state index is 12.5. The van der Waals surface area contributed by atoms with Gasteiger partial charge in [0.25, 0.3) is 0 Å². The summed E-state index contributed by atoms with van der Waals surface area (Å²) in [6, 6.07) is 14.8. The van der Waals surface area contributed by atoms with Crippen LogP contribution >= 0.6 is 0 Å². The van der Waals surface area contributed by atoms with Crippen LogP contribution in [0.3, 0.4) is 0 Å². The number of aryl methyl sites for hydroxylation is 1. The van der Waals surface area contributed by atoms with E-state index < -0.39 is 0 Å². The molecule has 0 bridgehead atoms. The lowest BCUT2D eigenvalue weighted by atomic mass is 10.1. The lowest BCUT2D eigenvalue weighted by Crippen LogP contribution is -2.50. The smallest absolute Gasteiger partial charge is 0.238 e. The van der Waals surface area contributed by atoms with Gasteiger partial charge in [0, 0.05) is 43.9 Å². The summed E-state index contributed by atoms with van der Waals surface area (Å²) in [5.74, 6) is 0.792. The number of Topliss-reactive ketones (excluding diaryl/α,β-unsaturated/α-hetero) is 1. The highest BCUT2D eigenvalue weighted by Gasteiger charge is 2.22. The van der Waals surface area contributed by atoms with Crippen LogP contribution in [0, 0.1) is 6.92 Å². The number of nitrogens with one attached hydrogen (secondary N) is 1. The normalized spacial score (nSPS) is 14.1. The Morgan fingerprint density at radius 2 is 1.59 bits per heavy atom. The highest BCUT2D eigenvalue weighted by molar-refractivity contribution is 5.94. The molecule has 1 N–H and O–H groups in total. The highest BCUT2D eigenvalue weighted by atomic mass is 16.5. The van der Waals surface area contributed by atoms with Crippen molar-refractivity contribution in [2.24, 2.45) is 0 Å². The van der Waals surface area contributed by atoms with Crippen LogP contribution in [0.2, 0.25) is 0 Å². The number of ketones is 1. The van der Waals surface area contributed by atoms with Crippen molar-refractivity contribution in [1.82, 2.24) is 9.80 Å². The largest absolute Gasteiger partial charge is 0.494 e. The zero-order valence-electron chi connectivity index (χ0n) is 18.8. The molecule has 0 aromatic heterocycles. The Hall–Kier alpha value is -3.19. The van der Waals surface area contributed by atoms with Gasteiger partial charge in [-0.2, -0.15) is 0 Å². The quantitative estimate of drug-likeness (QED) is 0.482. The molecule has 0 atom stereocenters. The van der Waals surface area contributed by atoms with Crippen molar-refractivity contribution in [2.45, 2.75) is 26.7 Å². The molecule has 7 nitrogen and oxygen atoms in total. The molecule has 0 radical (unpaired) electrons. The molecule has 32 heavy (non-hydrogen) atoms. The van der Waals surface area contributed by atoms with Crippen LogP contribution in [0.15, 0.2) is 48.5 Å². The molecular formula is C25H31N3O4. The highest BCUT2D eigenvalue weighted by Crippen LogP contribution is 2.14. The van der Waals surface area contributed by atoms with Crippen LogP contribution in [0.4, 0.5) is 5.69 Å². The molecule has 1 aliphatic heterocycles. The molecule has 3 rings (SSSR count). The third-order valence-corrected chi connectivity index (χ3v) is 5.49. The Kier molecular flexibility index (Phi) is 8.39. The third kappa shape index (κ3) is 7.20. The Bertz CT molecular complexity index is 917. The maximum Gasteiger partial charge on any atom is 0.238 e. The predicted octanol–water partition coefficient (Wildman–Crippen LogP) is 3.14. The fourth-order valence-electron chi connectivity index (χ4n) is 3.55. The Balaban J connectivity index is 1.31. The first-order valence-corrected chi connectivity index (χ1v) is 11.0. The minimum absolute atomic E-state index is 0.0224. The van der Waals surface area contributed by atoms with Gasteiger partial charge >= 0.3 is 0 Å². The van der Waals surface area contributed by atoms with Crippen LogP contribution < -0.4 is 10.1 Å². The molecule has 170 valence electrons. The van der Waals surface area contributed by atoms with E-state index in [9.17, 15) is 14.4 Å². The Morgan fingerprint density at radius 3 is 2.22 bits per heavy atom. The van der Waals surface area contributed by atoms with Crippen LogP contribution in [0.5, 0.6) is 5.75 Å². The fraction of sp³-hybridized carbons (Fsp3) is 0.400. The molecule has 1 fully saturated rings. The van der Waals surface area contributed by atoms with E-state index in [0.717, 1.165) is 11.3 Å². The number of amides is 2. The number of carbonyl (C=O) groups is 3. The van der Waals surface area contributed by atoms with Gasteiger partial charge in [0.15, 0.2) is 5.78 Å². The fourth-order valence-corrected chi connectivity index (χ4v) is 3.55. The number of benzene rings is 2. The predicted molar refractivity (Wildman–Crippen MR) is 124 cm³/mol. The molecule has 0 saturated carbocycles. The van der Waals surface area contributed by atoms with Crippen molar-refractivity contribution >= 4 is 23.3 Å². The van der Waals surface area contributed by atoms with Crippen LogP contribution in [-0.4, -0.2) is 66.7 Å². The average Bonchev–Trinajstić information content (AvgIpc) is 2.79. The number of ether oxygens (including phenoxy) is 1. The Morgan fingerprint density at radius 1 is 0.938 bits per heavy atom. The molecule has 0 unspecified atom stereocenters. The molecule has 1 aliphatic rings. The first kappa shape index (κ1) is 23.5. The molecule has 0 aliphatic carbocycles. The van der Waals surface area contributed by atoms with Crippen LogP contribution in [0.1, 0.15) is 35.7 Å². The summed E-state index contributed by atoms with van der Waals surface area (Å²) >= 11 is 0. The summed E-state index contributed by atoms with van der Waals surface area (Å²) in [6.45, 7) is 6.94. The van der Waals surface area contributed by atoms with Gasteiger partial charge < -0.3 is 15.0 Å². The van der Waals surface area contributed by atoms with Gasteiger partial charge in [-0.25, -0.2) is 0 Å². The monoisotopic (exact) mass is 437 g/mol. The zero-order valence-corrected chi connectivity index (χ0v) is 18.8. The summed E-state index contributed by atoms with van der Waals surface area (Å²) in [6.07, 6.45) is 1.06. The van der Waals surface area contributed by atoms with Gasteiger partial charge in [-0.15, -0.1) is 0 Å². The van der Waals surface area contributed by atoms with E-state index in [1.54, 1.807) is 24.3 Å². The lowest BCUT2D eigenvalue weighted by molar-refractivity contribution is -0.133. The number of hydrogen-bond donors (Lipinski definition) is 1. The van der Waals surface area contributed by atoms with Crippen molar-refractivity contribution in [3.05, 3.63) is 59.7 Å². The second-order valence-electron chi connectivity index (χ2n) is 8.10. The van der Waals surface area contributed by atoms with Gasteiger partial charge in [-0.1, -0.05) is 17.7 Å². The second-order valence-corrected chi connectivity index (χ2v) is 8.10. The van der Waals surface area contributed by atoms with Crippen LogP contribution in [0.25, 0.3) is 0 Å². The number of piperazine rings is 1. The molecule has 2 aromatic carbocycles. The Labute approximate surface area is 189 Å². The second kappa shape index (κ2) is 11.4. The number of carbonyl (C=O) groups excluding carboxylic acids is 3. The minimum atomic E-state index is -0.0397. The molecule has 2 aromatic rings. The van der Waals surface area contributed by atoms with E-state index in [0.29, 0.717) is 63.5 Å². The minimum Gasteiger partial charge on any atom is -0.494 e. The van der Waals surface area contributed by atoms with E-state index >= 15 is 0 Å². The average molecular weight is 438 g/mol. The van der Waals surface area contributed by atoms with Crippen molar-refractivity contribution in [3.8, 4) is 5.75 Å². The van der Waals surface area contributed by atoms with Gasteiger partial charge in [0.2, 0.25) is 11.8 Å². The summed E-state index contributed by atoms with van der Waals surface area (Å²) in [5.41, 5.74) is 2.60. The molecular weight excluding hydrogens is 406 g/mol. The summed E-state index contributed by atoms with van der Waals surface area (Å²) in [4.78, 5) is 39.9. The third-order valence-electron chi connectivity index (χ3n) is 5.49. The van der Waals surface area contributed by atoms with E-state index in [-0.39, 0.29) is 17.6 Å². The molecule has 1 saturated heterocycles. The van der Waals surface area contributed by atoms with E-state index in [1.807, 2.05) is 36.1 Å². The number of anilines is 1. The molecule has 2 amide bonds. The van der Waals surface area contributed by atoms with Gasteiger partial charge in [-0.05, 0) is 56.7 Å². The van der Waals surface area contributed by atoms with E-state index in [1.165, 1.54) is 6.92 Å². The van der Waals surface area contributed by atoms with Crippen molar-refractivity contribution in [3.63, 3.8) is 0 Å². The lowest BCUT2D eigenvalue weighted by Gasteiger charge is -2.34. The van der Waals surface area contributed by atoms with Gasteiger partial charge in [0.05, 0.1) is 13.2 Å². The topological polar surface area (TPSA) is 79.0 Å². The number of rotatable bonds is 9. The standard InChI is InChI=1S/C25H31N3O4/c1-19-5-9-22(10-6-19)26-24(30)18-27-13-15-28(16-14-27)25(31)4-3-17-32-23-11-7-21(8-12-23)20(2)29/h5-12H,3-4,13-18H2,1-2H3,(H,26,30). The molecule has 0 spiro atoms. The van der Waals surface area contributed by atoms with Crippen LogP contribution in [-0.2, 0) is 9.59 Å². The molecule has 1 heterocycles.